The Morgan fingerprint density at radius 1 is 1.33 bits per heavy atom. The summed E-state index contributed by atoms with van der Waals surface area (Å²) in [5.74, 6) is 0.572. The molecule has 18 heavy (non-hydrogen) atoms. The molecule has 4 nitrogen and oxygen atoms in total. The number of likely N-dealkylation sites (N-methyl/N-ethyl adjacent to an activating group) is 1. The lowest BCUT2D eigenvalue weighted by molar-refractivity contribution is 0.117. The highest BCUT2D eigenvalue weighted by Crippen LogP contribution is 2.19. The van der Waals surface area contributed by atoms with Gasteiger partial charge in [0.05, 0.1) is 6.61 Å². The van der Waals surface area contributed by atoms with Gasteiger partial charge in [0.1, 0.15) is 0 Å². The highest BCUT2D eigenvalue weighted by molar-refractivity contribution is 4.83. The maximum Gasteiger partial charge on any atom is 0.0510 e. The summed E-state index contributed by atoms with van der Waals surface area (Å²) >= 11 is 0. The Hall–Kier alpha value is -0.160. The van der Waals surface area contributed by atoms with Crippen LogP contribution in [-0.4, -0.2) is 68.3 Å². The van der Waals surface area contributed by atoms with Gasteiger partial charge in [-0.1, -0.05) is 6.92 Å². The second kappa shape index (κ2) is 6.85. The zero-order valence-electron chi connectivity index (χ0n) is 12.0. The fraction of sp³-hybridized carbons (Fsp3) is 1.00. The molecule has 2 rings (SSSR count). The molecule has 0 saturated carbocycles. The zero-order valence-corrected chi connectivity index (χ0v) is 12.0. The highest BCUT2D eigenvalue weighted by Gasteiger charge is 2.27. The van der Waals surface area contributed by atoms with E-state index in [-0.39, 0.29) is 6.04 Å². The third-order valence-corrected chi connectivity index (χ3v) is 4.70. The van der Waals surface area contributed by atoms with E-state index < -0.39 is 0 Å². The number of hydrogen-bond acceptors (Lipinski definition) is 4. The van der Waals surface area contributed by atoms with Crippen molar-refractivity contribution in [2.45, 2.75) is 38.3 Å². The van der Waals surface area contributed by atoms with E-state index in [1.165, 1.54) is 32.5 Å². The van der Waals surface area contributed by atoms with E-state index in [9.17, 15) is 0 Å². The minimum absolute atomic E-state index is 0.279. The quantitative estimate of drug-likeness (QED) is 0.788. The van der Waals surface area contributed by atoms with Crippen LogP contribution in [0.3, 0.4) is 0 Å². The van der Waals surface area contributed by atoms with Gasteiger partial charge in [0, 0.05) is 31.2 Å². The Bertz CT molecular complexity index is 235. The molecule has 2 heterocycles. The fourth-order valence-corrected chi connectivity index (χ4v) is 3.20. The summed E-state index contributed by atoms with van der Waals surface area (Å²) in [5, 5.41) is 0. The molecule has 0 aliphatic carbocycles. The van der Waals surface area contributed by atoms with Crippen LogP contribution in [0.1, 0.15) is 26.2 Å². The number of rotatable bonds is 5. The Kier molecular flexibility index (Phi) is 5.42. The van der Waals surface area contributed by atoms with Crippen molar-refractivity contribution >= 4 is 0 Å². The number of piperidine rings is 1. The summed E-state index contributed by atoms with van der Waals surface area (Å²) in [4.78, 5) is 5.02. The van der Waals surface area contributed by atoms with E-state index in [0.717, 1.165) is 32.2 Å². The van der Waals surface area contributed by atoms with E-state index in [4.69, 9.17) is 10.5 Å². The van der Waals surface area contributed by atoms with Crippen LogP contribution in [0.25, 0.3) is 0 Å². The van der Waals surface area contributed by atoms with Gasteiger partial charge in [-0.05, 0) is 45.9 Å². The Balaban J connectivity index is 1.72. The SMILES string of the molecule is CCN1CCC(N(C)CC(N)C2CCOC2)CC1. The van der Waals surface area contributed by atoms with Crippen LogP contribution >= 0.6 is 0 Å². The molecule has 2 aliphatic heterocycles. The summed E-state index contributed by atoms with van der Waals surface area (Å²) in [6, 6.07) is 1.00. The third-order valence-electron chi connectivity index (χ3n) is 4.70. The molecule has 0 aromatic rings. The van der Waals surface area contributed by atoms with Gasteiger partial charge in [0.15, 0.2) is 0 Å². The lowest BCUT2D eigenvalue weighted by atomic mass is 9.97. The average Bonchev–Trinajstić information content (AvgIpc) is 2.92. The van der Waals surface area contributed by atoms with Gasteiger partial charge in [0.2, 0.25) is 0 Å². The molecule has 0 aromatic heterocycles. The maximum atomic E-state index is 6.31. The summed E-state index contributed by atoms with van der Waals surface area (Å²) in [5.41, 5.74) is 6.31. The predicted molar refractivity (Wildman–Crippen MR) is 74.7 cm³/mol. The molecule has 4 heteroatoms. The topological polar surface area (TPSA) is 41.7 Å². The number of nitrogens with zero attached hydrogens (tertiary/aromatic N) is 2. The number of ether oxygens (including phenoxy) is 1. The molecule has 0 amide bonds. The van der Waals surface area contributed by atoms with Gasteiger partial charge in [-0.2, -0.15) is 0 Å². The highest BCUT2D eigenvalue weighted by atomic mass is 16.5. The number of likely N-dealkylation sites (tertiary alicyclic amines) is 1. The van der Waals surface area contributed by atoms with Gasteiger partial charge in [0.25, 0.3) is 0 Å². The zero-order chi connectivity index (χ0) is 13.0. The summed E-state index contributed by atoms with van der Waals surface area (Å²) in [6.07, 6.45) is 3.72. The Labute approximate surface area is 111 Å². The molecule has 2 unspecified atom stereocenters. The van der Waals surface area contributed by atoms with Crippen molar-refractivity contribution < 1.29 is 4.74 Å². The van der Waals surface area contributed by atoms with Crippen molar-refractivity contribution in [3.05, 3.63) is 0 Å². The standard InChI is InChI=1S/C14H29N3O/c1-3-17-7-4-13(5-8-17)16(2)10-14(15)12-6-9-18-11-12/h12-14H,3-11,15H2,1-2H3. The van der Waals surface area contributed by atoms with Crippen LogP contribution in [-0.2, 0) is 4.74 Å². The molecule has 0 radical (unpaired) electrons. The van der Waals surface area contributed by atoms with E-state index in [0.29, 0.717) is 5.92 Å². The molecule has 2 N–H and O–H groups in total. The molecule has 2 atom stereocenters. The van der Waals surface area contributed by atoms with Crippen molar-refractivity contribution in [1.82, 2.24) is 9.80 Å². The summed E-state index contributed by atoms with van der Waals surface area (Å²) in [6.45, 7) is 8.71. The van der Waals surface area contributed by atoms with Crippen molar-refractivity contribution in [1.29, 1.82) is 0 Å². The smallest absolute Gasteiger partial charge is 0.0510 e. The average molecular weight is 255 g/mol. The molecule has 2 aliphatic rings. The van der Waals surface area contributed by atoms with E-state index in [1.807, 2.05) is 0 Å². The molecule has 106 valence electrons. The fourth-order valence-electron chi connectivity index (χ4n) is 3.20. The van der Waals surface area contributed by atoms with Crippen LogP contribution in [0.4, 0.5) is 0 Å². The van der Waals surface area contributed by atoms with Crippen molar-refractivity contribution in [3.8, 4) is 0 Å². The predicted octanol–water partition coefficient (Wildman–Crippen LogP) is 0.766. The van der Waals surface area contributed by atoms with Crippen LogP contribution in [0.15, 0.2) is 0 Å². The minimum atomic E-state index is 0.279. The first-order valence-corrected chi connectivity index (χ1v) is 7.46. The van der Waals surface area contributed by atoms with Crippen molar-refractivity contribution in [3.63, 3.8) is 0 Å². The number of hydrogen-bond donors (Lipinski definition) is 1. The first-order valence-electron chi connectivity index (χ1n) is 7.46. The molecular weight excluding hydrogens is 226 g/mol. The third kappa shape index (κ3) is 3.67. The van der Waals surface area contributed by atoms with Gasteiger partial charge in [-0.25, -0.2) is 0 Å². The van der Waals surface area contributed by atoms with Crippen LogP contribution < -0.4 is 5.73 Å². The van der Waals surface area contributed by atoms with E-state index >= 15 is 0 Å². The van der Waals surface area contributed by atoms with Crippen LogP contribution in [0.2, 0.25) is 0 Å². The Morgan fingerprint density at radius 3 is 2.61 bits per heavy atom. The lowest BCUT2D eigenvalue weighted by Gasteiger charge is -2.37. The maximum absolute atomic E-state index is 6.31. The van der Waals surface area contributed by atoms with Crippen molar-refractivity contribution in [2.24, 2.45) is 11.7 Å². The van der Waals surface area contributed by atoms with Crippen LogP contribution in [0, 0.1) is 5.92 Å². The summed E-state index contributed by atoms with van der Waals surface area (Å²) in [7, 11) is 2.24. The largest absolute Gasteiger partial charge is 0.381 e. The van der Waals surface area contributed by atoms with Crippen molar-refractivity contribution in [2.75, 3.05) is 46.4 Å². The van der Waals surface area contributed by atoms with Gasteiger partial charge in [-0.3, -0.25) is 0 Å². The van der Waals surface area contributed by atoms with Crippen LogP contribution in [0.5, 0.6) is 0 Å². The second-order valence-corrected chi connectivity index (χ2v) is 5.89. The van der Waals surface area contributed by atoms with E-state index in [2.05, 4.69) is 23.8 Å². The van der Waals surface area contributed by atoms with Gasteiger partial charge >= 0.3 is 0 Å². The molecule has 0 aromatic carbocycles. The second-order valence-electron chi connectivity index (χ2n) is 5.89. The monoisotopic (exact) mass is 255 g/mol. The van der Waals surface area contributed by atoms with Gasteiger partial charge < -0.3 is 20.3 Å². The molecule has 2 saturated heterocycles. The van der Waals surface area contributed by atoms with E-state index in [1.54, 1.807) is 0 Å². The number of nitrogens with two attached hydrogens (primary N) is 1. The molecule has 0 spiro atoms. The molecule has 2 fully saturated rings. The molecule has 0 bridgehead atoms. The summed E-state index contributed by atoms with van der Waals surface area (Å²) < 4.78 is 5.43. The first kappa shape index (κ1) is 14.3. The normalized spacial score (nSPS) is 29.0. The molecular formula is C14H29N3O. The lowest BCUT2D eigenvalue weighted by Crippen LogP contribution is -2.48. The first-order chi connectivity index (χ1) is 8.70. The minimum Gasteiger partial charge on any atom is -0.381 e. The Morgan fingerprint density at radius 2 is 2.06 bits per heavy atom. The van der Waals surface area contributed by atoms with Gasteiger partial charge in [-0.15, -0.1) is 0 Å².